The lowest BCUT2D eigenvalue weighted by molar-refractivity contribution is -0.117. The highest BCUT2D eigenvalue weighted by Crippen LogP contribution is 2.05. The Hall–Kier alpha value is -2.13. The van der Waals surface area contributed by atoms with Crippen LogP contribution >= 0.6 is 0 Å². The summed E-state index contributed by atoms with van der Waals surface area (Å²) in [5.41, 5.74) is 0.799. The Labute approximate surface area is 112 Å². The molecule has 0 aliphatic carbocycles. The number of hydrogen-bond donors (Lipinski definition) is 1. The van der Waals surface area contributed by atoms with Gasteiger partial charge in [0, 0.05) is 38.6 Å². The number of aromatic nitrogens is 2. The van der Waals surface area contributed by atoms with E-state index in [0.717, 1.165) is 12.0 Å². The summed E-state index contributed by atoms with van der Waals surface area (Å²) in [6, 6.07) is 1.89. The molecule has 0 fully saturated rings. The van der Waals surface area contributed by atoms with Gasteiger partial charge in [-0.15, -0.1) is 0 Å². The van der Waals surface area contributed by atoms with Crippen molar-refractivity contribution in [2.75, 3.05) is 19.8 Å². The highest BCUT2D eigenvalue weighted by atomic mass is 16.5. The van der Waals surface area contributed by atoms with E-state index >= 15 is 0 Å². The zero-order chi connectivity index (χ0) is 14.1. The van der Waals surface area contributed by atoms with Crippen LogP contribution in [-0.2, 0) is 16.6 Å². The van der Waals surface area contributed by atoms with Gasteiger partial charge in [-0.2, -0.15) is 10.4 Å². The first-order valence-corrected chi connectivity index (χ1v) is 6.13. The number of ether oxygens (including phenoxy) is 1. The molecule has 102 valence electrons. The molecule has 1 aromatic heterocycles. The molecule has 1 heterocycles. The second kappa shape index (κ2) is 8.06. The van der Waals surface area contributed by atoms with Crippen LogP contribution in [0.5, 0.6) is 0 Å². The summed E-state index contributed by atoms with van der Waals surface area (Å²) < 4.78 is 6.77. The predicted molar refractivity (Wildman–Crippen MR) is 70.9 cm³/mol. The molecule has 0 saturated heterocycles. The van der Waals surface area contributed by atoms with Crippen LogP contribution in [0.25, 0.3) is 6.08 Å². The van der Waals surface area contributed by atoms with Crippen LogP contribution in [0.1, 0.15) is 18.9 Å². The van der Waals surface area contributed by atoms with Crippen LogP contribution in [0.15, 0.2) is 18.0 Å². The zero-order valence-corrected chi connectivity index (χ0v) is 11.2. The minimum Gasteiger partial charge on any atom is -0.382 e. The molecule has 0 aromatic carbocycles. The van der Waals surface area contributed by atoms with Gasteiger partial charge in [0.25, 0.3) is 5.91 Å². The molecular weight excluding hydrogens is 244 g/mol. The molecule has 0 bridgehead atoms. The summed E-state index contributed by atoms with van der Waals surface area (Å²) in [7, 11) is 1.77. The van der Waals surface area contributed by atoms with Gasteiger partial charge in [-0.3, -0.25) is 9.48 Å². The number of rotatable bonds is 7. The number of carbonyl (C=O) groups is 1. The molecule has 6 heteroatoms. The van der Waals surface area contributed by atoms with Gasteiger partial charge < -0.3 is 10.1 Å². The highest BCUT2D eigenvalue weighted by Gasteiger charge is 2.08. The number of carbonyl (C=O) groups excluding carboxylic acids is 1. The van der Waals surface area contributed by atoms with Crippen molar-refractivity contribution in [3.05, 3.63) is 23.5 Å². The molecule has 19 heavy (non-hydrogen) atoms. The molecule has 0 aliphatic heterocycles. The maximum atomic E-state index is 11.7. The third kappa shape index (κ3) is 5.36. The summed E-state index contributed by atoms with van der Waals surface area (Å²) in [6.07, 6.45) is 5.58. The highest BCUT2D eigenvalue weighted by molar-refractivity contribution is 6.01. The van der Waals surface area contributed by atoms with E-state index in [0.29, 0.717) is 19.8 Å². The Morgan fingerprint density at radius 2 is 2.47 bits per heavy atom. The SMILES string of the molecule is CCOCCCNC(=O)/C(C#N)=C\c1cnn(C)c1. The molecule has 1 amide bonds. The third-order valence-corrected chi connectivity index (χ3v) is 2.36. The van der Waals surface area contributed by atoms with E-state index < -0.39 is 0 Å². The number of nitriles is 1. The predicted octanol–water partition coefficient (Wildman–Crippen LogP) is 0.870. The largest absolute Gasteiger partial charge is 0.382 e. The number of nitrogens with one attached hydrogen (secondary N) is 1. The van der Waals surface area contributed by atoms with Gasteiger partial charge in [-0.25, -0.2) is 0 Å². The van der Waals surface area contributed by atoms with Crippen LogP contribution in [-0.4, -0.2) is 35.4 Å². The van der Waals surface area contributed by atoms with E-state index in [1.165, 1.54) is 6.08 Å². The first-order valence-electron chi connectivity index (χ1n) is 6.13. The molecule has 0 atom stereocenters. The maximum Gasteiger partial charge on any atom is 0.261 e. The molecule has 0 aliphatic rings. The smallest absolute Gasteiger partial charge is 0.261 e. The monoisotopic (exact) mass is 262 g/mol. The molecule has 1 aromatic rings. The molecule has 0 spiro atoms. The van der Waals surface area contributed by atoms with E-state index in [-0.39, 0.29) is 11.5 Å². The van der Waals surface area contributed by atoms with Crippen LogP contribution in [0.2, 0.25) is 0 Å². The molecule has 0 radical (unpaired) electrons. The van der Waals surface area contributed by atoms with Crippen molar-refractivity contribution in [3.63, 3.8) is 0 Å². The fourth-order valence-electron chi connectivity index (χ4n) is 1.45. The van der Waals surface area contributed by atoms with E-state index in [9.17, 15) is 4.79 Å². The normalized spacial score (nSPS) is 11.1. The first-order chi connectivity index (χ1) is 9.17. The van der Waals surface area contributed by atoms with Crippen molar-refractivity contribution in [3.8, 4) is 6.07 Å². The summed E-state index contributed by atoms with van der Waals surface area (Å²) in [5.74, 6) is -0.372. The van der Waals surface area contributed by atoms with Crippen LogP contribution < -0.4 is 5.32 Å². The minimum absolute atomic E-state index is 0.0735. The standard InChI is InChI=1S/C13H18N4O2/c1-3-19-6-4-5-15-13(18)12(8-14)7-11-9-16-17(2)10-11/h7,9-10H,3-6H2,1-2H3,(H,15,18)/b12-7-. The average molecular weight is 262 g/mol. The maximum absolute atomic E-state index is 11.7. The Balaban J connectivity index is 2.49. The summed E-state index contributed by atoms with van der Waals surface area (Å²) in [6.45, 7) is 3.68. The molecule has 1 rings (SSSR count). The van der Waals surface area contributed by atoms with Crippen molar-refractivity contribution in [1.29, 1.82) is 5.26 Å². The second-order valence-electron chi connectivity index (χ2n) is 3.92. The average Bonchev–Trinajstić information content (AvgIpc) is 2.81. The Morgan fingerprint density at radius 3 is 3.05 bits per heavy atom. The van der Waals surface area contributed by atoms with Gasteiger partial charge in [0.05, 0.1) is 6.20 Å². The number of amides is 1. The molecular formula is C13H18N4O2. The Kier molecular flexibility index (Phi) is 6.33. The van der Waals surface area contributed by atoms with Gasteiger partial charge in [0.2, 0.25) is 0 Å². The van der Waals surface area contributed by atoms with Crippen molar-refractivity contribution < 1.29 is 9.53 Å². The lowest BCUT2D eigenvalue weighted by Gasteiger charge is -2.04. The fourth-order valence-corrected chi connectivity index (χ4v) is 1.45. The van der Waals surface area contributed by atoms with E-state index in [1.54, 1.807) is 24.1 Å². The third-order valence-electron chi connectivity index (χ3n) is 2.36. The minimum atomic E-state index is -0.372. The van der Waals surface area contributed by atoms with Gasteiger partial charge in [0.1, 0.15) is 11.6 Å². The number of aryl methyl sites for hydroxylation is 1. The zero-order valence-electron chi connectivity index (χ0n) is 11.2. The van der Waals surface area contributed by atoms with Gasteiger partial charge >= 0.3 is 0 Å². The lowest BCUT2D eigenvalue weighted by atomic mass is 10.2. The van der Waals surface area contributed by atoms with Crippen molar-refractivity contribution in [2.24, 2.45) is 7.05 Å². The van der Waals surface area contributed by atoms with E-state index in [2.05, 4.69) is 10.4 Å². The topological polar surface area (TPSA) is 79.9 Å². The fraction of sp³-hybridized carbons (Fsp3) is 0.462. The van der Waals surface area contributed by atoms with E-state index in [4.69, 9.17) is 10.00 Å². The molecule has 1 N–H and O–H groups in total. The second-order valence-corrected chi connectivity index (χ2v) is 3.92. The van der Waals surface area contributed by atoms with Gasteiger partial charge in [0.15, 0.2) is 0 Å². The first kappa shape index (κ1) is 14.9. The number of hydrogen-bond acceptors (Lipinski definition) is 4. The van der Waals surface area contributed by atoms with Crippen LogP contribution in [0.4, 0.5) is 0 Å². The lowest BCUT2D eigenvalue weighted by Crippen LogP contribution is -2.26. The van der Waals surface area contributed by atoms with Crippen molar-refractivity contribution in [2.45, 2.75) is 13.3 Å². The van der Waals surface area contributed by atoms with Gasteiger partial charge in [-0.1, -0.05) is 0 Å². The van der Waals surface area contributed by atoms with Crippen LogP contribution in [0, 0.1) is 11.3 Å². The molecule has 0 unspecified atom stereocenters. The van der Waals surface area contributed by atoms with Crippen LogP contribution in [0.3, 0.4) is 0 Å². The summed E-state index contributed by atoms with van der Waals surface area (Å²) in [5, 5.41) is 15.6. The van der Waals surface area contributed by atoms with Crippen molar-refractivity contribution >= 4 is 12.0 Å². The summed E-state index contributed by atoms with van der Waals surface area (Å²) >= 11 is 0. The van der Waals surface area contributed by atoms with E-state index in [1.807, 2.05) is 13.0 Å². The van der Waals surface area contributed by atoms with Crippen molar-refractivity contribution in [1.82, 2.24) is 15.1 Å². The van der Waals surface area contributed by atoms with Gasteiger partial charge in [-0.05, 0) is 19.4 Å². The Bertz CT molecular complexity index is 485. The molecule has 6 nitrogen and oxygen atoms in total. The summed E-state index contributed by atoms with van der Waals surface area (Å²) in [4.78, 5) is 11.7. The molecule has 0 saturated carbocycles. The number of nitrogens with zero attached hydrogens (tertiary/aromatic N) is 3. The Morgan fingerprint density at radius 1 is 1.68 bits per heavy atom. The quantitative estimate of drug-likeness (QED) is 0.449.